The summed E-state index contributed by atoms with van der Waals surface area (Å²) in [5.74, 6) is 2.20. The Morgan fingerprint density at radius 1 is 0.917 bits per heavy atom. The van der Waals surface area contributed by atoms with Gasteiger partial charge in [-0.1, -0.05) is 18.2 Å². The number of anilines is 2. The summed E-state index contributed by atoms with van der Waals surface area (Å²) in [6, 6.07) is 13.9. The third-order valence-electron chi connectivity index (χ3n) is 4.03. The molecule has 0 radical (unpaired) electrons. The molecule has 0 amide bonds. The van der Waals surface area contributed by atoms with Crippen LogP contribution in [-0.2, 0) is 0 Å². The molecule has 1 fully saturated rings. The number of aromatic nitrogens is 3. The Balaban J connectivity index is 1.43. The Kier molecular flexibility index (Phi) is 4.17. The summed E-state index contributed by atoms with van der Waals surface area (Å²) in [6.45, 7) is 3.44. The summed E-state index contributed by atoms with van der Waals surface area (Å²) >= 11 is 3.41. The number of pyridine rings is 1. The van der Waals surface area contributed by atoms with Crippen molar-refractivity contribution in [3.8, 4) is 11.5 Å². The van der Waals surface area contributed by atoms with Gasteiger partial charge in [0.15, 0.2) is 0 Å². The van der Waals surface area contributed by atoms with Crippen LogP contribution < -0.4 is 9.80 Å². The average molecular weight is 386 g/mol. The van der Waals surface area contributed by atoms with Crippen LogP contribution >= 0.6 is 15.9 Å². The highest BCUT2D eigenvalue weighted by Crippen LogP contribution is 2.22. The van der Waals surface area contributed by atoms with E-state index in [4.69, 9.17) is 4.52 Å². The second kappa shape index (κ2) is 6.60. The quantitative estimate of drug-likeness (QED) is 0.689. The van der Waals surface area contributed by atoms with Crippen LogP contribution in [0.15, 0.2) is 57.7 Å². The number of nitrogens with zero attached hydrogens (tertiary/aromatic N) is 5. The van der Waals surface area contributed by atoms with Gasteiger partial charge in [0.05, 0.1) is 0 Å². The first kappa shape index (κ1) is 15.1. The van der Waals surface area contributed by atoms with Crippen LogP contribution in [-0.4, -0.2) is 41.3 Å². The van der Waals surface area contributed by atoms with Crippen molar-refractivity contribution in [2.45, 2.75) is 0 Å². The van der Waals surface area contributed by atoms with Crippen molar-refractivity contribution in [1.82, 2.24) is 15.1 Å². The molecule has 6 nitrogen and oxygen atoms in total. The van der Waals surface area contributed by atoms with Crippen molar-refractivity contribution in [3.63, 3.8) is 0 Å². The second-order valence-corrected chi connectivity index (χ2v) is 6.49. The van der Waals surface area contributed by atoms with Crippen molar-refractivity contribution in [2.75, 3.05) is 36.0 Å². The average Bonchev–Trinajstić information content (AvgIpc) is 3.13. The number of hydrogen-bond donors (Lipinski definition) is 0. The molecular formula is C17H16BrN5O. The molecule has 24 heavy (non-hydrogen) atoms. The molecule has 1 saturated heterocycles. The molecule has 4 rings (SSSR count). The molecule has 0 atom stereocenters. The van der Waals surface area contributed by atoms with Gasteiger partial charge in [0.1, 0.15) is 5.82 Å². The molecule has 0 spiro atoms. The van der Waals surface area contributed by atoms with Crippen molar-refractivity contribution in [1.29, 1.82) is 0 Å². The molecule has 0 saturated carbocycles. The van der Waals surface area contributed by atoms with Crippen LogP contribution in [0.3, 0.4) is 0 Å². The van der Waals surface area contributed by atoms with E-state index < -0.39 is 0 Å². The zero-order chi connectivity index (χ0) is 16.4. The molecule has 1 aliphatic rings. The van der Waals surface area contributed by atoms with Gasteiger partial charge in [-0.05, 0) is 45.4 Å². The normalized spacial score (nSPS) is 14.9. The van der Waals surface area contributed by atoms with E-state index in [2.05, 4.69) is 40.9 Å². The van der Waals surface area contributed by atoms with Crippen LogP contribution in [0.2, 0.25) is 0 Å². The third-order valence-corrected chi connectivity index (χ3v) is 4.50. The van der Waals surface area contributed by atoms with E-state index in [1.54, 1.807) is 0 Å². The van der Waals surface area contributed by atoms with Crippen LogP contribution in [0.4, 0.5) is 11.8 Å². The lowest BCUT2D eigenvalue weighted by Gasteiger charge is -2.34. The van der Waals surface area contributed by atoms with E-state index in [1.807, 2.05) is 48.7 Å². The Bertz CT molecular complexity index is 797. The Labute approximate surface area is 148 Å². The summed E-state index contributed by atoms with van der Waals surface area (Å²) in [4.78, 5) is 13.4. The van der Waals surface area contributed by atoms with Gasteiger partial charge in [0.2, 0.25) is 0 Å². The highest BCUT2D eigenvalue weighted by molar-refractivity contribution is 9.10. The lowest BCUT2D eigenvalue weighted by atomic mass is 10.2. The second-order valence-electron chi connectivity index (χ2n) is 5.57. The zero-order valence-electron chi connectivity index (χ0n) is 13.0. The van der Waals surface area contributed by atoms with Gasteiger partial charge in [0.25, 0.3) is 11.8 Å². The molecule has 1 aliphatic heterocycles. The Hall–Kier alpha value is -2.41. The maximum absolute atomic E-state index is 5.39. The van der Waals surface area contributed by atoms with E-state index in [0.717, 1.165) is 42.0 Å². The predicted octanol–water partition coefficient (Wildman–Crippen LogP) is 3.22. The third kappa shape index (κ3) is 3.12. The number of hydrogen-bond acceptors (Lipinski definition) is 6. The van der Waals surface area contributed by atoms with Crippen LogP contribution in [0.25, 0.3) is 11.5 Å². The molecule has 0 N–H and O–H groups in total. The minimum absolute atomic E-state index is 0.558. The molecule has 3 aromatic rings. The number of rotatable bonds is 3. The topological polar surface area (TPSA) is 58.3 Å². The lowest BCUT2D eigenvalue weighted by Crippen LogP contribution is -2.47. The fourth-order valence-corrected chi connectivity index (χ4v) is 2.97. The largest absolute Gasteiger partial charge is 0.353 e. The summed E-state index contributed by atoms with van der Waals surface area (Å²) in [5.41, 5.74) is 0.939. The molecule has 122 valence electrons. The van der Waals surface area contributed by atoms with Crippen molar-refractivity contribution >= 4 is 27.7 Å². The van der Waals surface area contributed by atoms with Gasteiger partial charge in [-0.25, -0.2) is 4.98 Å². The summed E-state index contributed by atoms with van der Waals surface area (Å²) in [6.07, 6.45) is 1.83. The van der Waals surface area contributed by atoms with Gasteiger partial charge in [-0.2, -0.15) is 4.98 Å². The van der Waals surface area contributed by atoms with Crippen molar-refractivity contribution < 1.29 is 4.52 Å². The number of halogens is 1. The fourth-order valence-electron chi connectivity index (χ4n) is 2.73. The molecule has 2 aromatic heterocycles. The van der Waals surface area contributed by atoms with Gasteiger partial charge in [-0.3, -0.25) is 0 Å². The Morgan fingerprint density at radius 2 is 1.67 bits per heavy atom. The highest BCUT2D eigenvalue weighted by Gasteiger charge is 2.22. The SMILES string of the molecule is Brc1ccc(N2CCN(c3noc(-c4ccccc4)n3)CC2)nc1. The van der Waals surface area contributed by atoms with E-state index in [9.17, 15) is 0 Å². The zero-order valence-corrected chi connectivity index (χ0v) is 14.6. The minimum Gasteiger partial charge on any atom is -0.353 e. The van der Waals surface area contributed by atoms with Crippen molar-refractivity contribution in [2.24, 2.45) is 0 Å². The molecule has 0 bridgehead atoms. The first-order valence-corrected chi connectivity index (χ1v) is 8.59. The lowest BCUT2D eigenvalue weighted by molar-refractivity contribution is 0.428. The molecule has 0 aliphatic carbocycles. The minimum atomic E-state index is 0.558. The first-order valence-electron chi connectivity index (χ1n) is 7.80. The van der Waals surface area contributed by atoms with E-state index in [1.165, 1.54) is 0 Å². The van der Waals surface area contributed by atoms with E-state index in [-0.39, 0.29) is 0 Å². The van der Waals surface area contributed by atoms with Gasteiger partial charge >= 0.3 is 0 Å². The maximum Gasteiger partial charge on any atom is 0.266 e. The monoisotopic (exact) mass is 385 g/mol. The molecule has 7 heteroatoms. The Morgan fingerprint density at radius 3 is 2.38 bits per heavy atom. The van der Waals surface area contributed by atoms with Crippen LogP contribution in [0, 0.1) is 0 Å². The standard InChI is InChI=1S/C17H16BrN5O/c18-14-6-7-15(19-12-14)22-8-10-23(11-9-22)17-20-16(24-21-17)13-4-2-1-3-5-13/h1-7,12H,8-11H2. The first-order chi connectivity index (χ1) is 11.8. The van der Waals surface area contributed by atoms with Crippen LogP contribution in [0.5, 0.6) is 0 Å². The molecule has 3 heterocycles. The number of benzene rings is 1. The van der Waals surface area contributed by atoms with Gasteiger partial charge in [-0.15, -0.1) is 0 Å². The number of piperazine rings is 1. The molecule has 0 unspecified atom stereocenters. The van der Waals surface area contributed by atoms with E-state index >= 15 is 0 Å². The predicted molar refractivity (Wildman–Crippen MR) is 96.1 cm³/mol. The maximum atomic E-state index is 5.39. The smallest absolute Gasteiger partial charge is 0.266 e. The highest BCUT2D eigenvalue weighted by atomic mass is 79.9. The van der Waals surface area contributed by atoms with E-state index in [0.29, 0.717) is 11.8 Å². The molecular weight excluding hydrogens is 370 g/mol. The summed E-state index contributed by atoms with van der Waals surface area (Å²) < 4.78 is 6.39. The van der Waals surface area contributed by atoms with Crippen molar-refractivity contribution in [3.05, 3.63) is 53.1 Å². The fraction of sp³-hybridized carbons (Fsp3) is 0.235. The summed E-state index contributed by atoms with van der Waals surface area (Å²) in [5, 5.41) is 4.13. The van der Waals surface area contributed by atoms with Gasteiger partial charge in [0, 0.05) is 42.4 Å². The summed E-state index contributed by atoms with van der Waals surface area (Å²) in [7, 11) is 0. The van der Waals surface area contributed by atoms with Crippen LogP contribution in [0.1, 0.15) is 0 Å². The molecule has 1 aromatic carbocycles. The van der Waals surface area contributed by atoms with Gasteiger partial charge < -0.3 is 14.3 Å².